The third kappa shape index (κ3) is 5.23. The van der Waals surface area contributed by atoms with Crippen LogP contribution in [0.3, 0.4) is 0 Å². The van der Waals surface area contributed by atoms with Crippen molar-refractivity contribution in [3.63, 3.8) is 0 Å². The van der Waals surface area contributed by atoms with E-state index in [1.807, 2.05) is 19.1 Å². The van der Waals surface area contributed by atoms with Crippen molar-refractivity contribution in [2.24, 2.45) is 11.3 Å². The molecule has 4 aliphatic rings. The first kappa shape index (κ1) is 27.2. The Bertz CT molecular complexity index is 1170. The van der Waals surface area contributed by atoms with Crippen molar-refractivity contribution in [1.82, 2.24) is 14.9 Å². The summed E-state index contributed by atoms with van der Waals surface area (Å²) in [5.74, 6) is -0.726. The van der Waals surface area contributed by atoms with Crippen molar-refractivity contribution in [3.05, 3.63) is 34.3 Å². The second-order valence-electron chi connectivity index (χ2n) is 10.2. The summed E-state index contributed by atoms with van der Waals surface area (Å²) in [5.41, 5.74) is 0.949. The topological polar surface area (TPSA) is 122 Å². The molecule has 2 aliphatic carbocycles. The van der Waals surface area contributed by atoms with Crippen LogP contribution in [0, 0.1) is 11.3 Å². The van der Waals surface area contributed by atoms with Gasteiger partial charge in [-0.2, -0.15) is 0 Å². The molecule has 4 atom stereocenters. The summed E-state index contributed by atoms with van der Waals surface area (Å²) in [6.45, 7) is 3.09. The van der Waals surface area contributed by atoms with Gasteiger partial charge in [0.15, 0.2) is 5.78 Å². The summed E-state index contributed by atoms with van der Waals surface area (Å²) in [4.78, 5) is 40.3. The molecule has 5 rings (SSSR count). The van der Waals surface area contributed by atoms with E-state index >= 15 is 0 Å². The number of Topliss-reactive ketones (excluding diaryl/α,β-unsaturated/α-hetero) is 1. The van der Waals surface area contributed by atoms with Crippen LogP contribution in [0.1, 0.15) is 56.6 Å². The van der Waals surface area contributed by atoms with Gasteiger partial charge in [0.25, 0.3) is 0 Å². The zero-order valence-corrected chi connectivity index (χ0v) is 22.4. The molecule has 0 spiro atoms. The Morgan fingerprint density at radius 1 is 1.25 bits per heavy atom. The number of sulfonamides is 1. The van der Waals surface area contributed by atoms with Gasteiger partial charge in [-0.05, 0) is 42.4 Å². The van der Waals surface area contributed by atoms with Gasteiger partial charge in [0.1, 0.15) is 6.10 Å². The maximum absolute atomic E-state index is 13.1. The quantitative estimate of drug-likeness (QED) is 0.502. The molecule has 0 aromatic heterocycles. The van der Waals surface area contributed by atoms with Crippen molar-refractivity contribution < 1.29 is 27.5 Å². The number of nitrogens with one attached hydrogen (secondary N) is 2. The van der Waals surface area contributed by atoms with Crippen LogP contribution >= 0.6 is 24.0 Å². The van der Waals surface area contributed by atoms with Crippen LogP contribution in [0.5, 0.6) is 0 Å². The number of nitrogens with zero attached hydrogens (tertiary/aromatic N) is 1. The molecule has 1 aromatic rings. The average Bonchev–Trinajstić information content (AvgIpc) is 3.69. The molecule has 2 heterocycles. The van der Waals surface area contributed by atoms with Gasteiger partial charge in [-0.25, -0.2) is 13.2 Å². The van der Waals surface area contributed by atoms with E-state index in [0.29, 0.717) is 56.8 Å². The lowest BCUT2D eigenvalue weighted by atomic mass is 9.91. The van der Waals surface area contributed by atoms with Crippen molar-refractivity contribution in [3.8, 4) is 0 Å². The predicted octanol–water partition coefficient (Wildman–Crippen LogP) is 2.93. The van der Waals surface area contributed by atoms with Crippen molar-refractivity contribution in [1.29, 1.82) is 0 Å². The van der Waals surface area contributed by atoms with E-state index in [9.17, 15) is 22.8 Å². The molecule has 2 N–H and O–H groups in total. The van der Waals surface area contributed by atoms with Crippen LogP contribution in [-0.4, -0.2) is 55.0 Å². The minimum Gasteiger partial charge on any atom is -0.445 e. The Morgan fingerprint density at radius 2 is 2.00 bits per heavy atom. The van der Waals surface area contributed by atoms with Gasteiger partial charge in [-0.3, -0.25) is 19.2 Å². The SMILES string of the molecule is CC[C@@H]1C[C@]1(CC(=O)[C@@H]1C[C@@H](OC(=O)N2Cc3cccc(Cl)c3C2)CN1)C(=O)NS(=O)(=O)C1CC1.Cl. The molecule has 3 fully saturated rings. The van der Waals surface area contributed by atoms with E-state index in [2.05, 4.69) is 10.0 Å². The lowest BCUT2D eigenvalue weighted by Gasteiger charge is -2.20. The van der Waals surface area contributed by atoms with E-state index in [0.717, 1.165) is 11.1 Å². The first-order chi connectivity index (χ1) is 16.6. The van der Waals surface area contributed by atoms with Crippen molar-refractivity contribution in [2.45, 2.75) is 75.9 Å². The zero-order valence-electron chi connectivity index (χ0n) is 20.0. The molecule has 0 radical (unpaired) electrons. The second kappa shape index (κ2) is 10.1. The maximum Gasteiger partial charge on any atom is 0.410 e. The van der Waals surface area contributed by atoms with Gasteiger partial charge in [0.2, 0.25) is 15.9 Å². The first-order valence-corrected chi connectivity index (χ1v) is 14.1. The molecule has 1 saturated heterocycles. The summed E-state index contributed by atoms with van der Waals surface area (Å²) in [6, 6.07) is 5.04. The molecule has 198 valence electrons. The fourth-order valence-electron chi connectivity index (χ4n) is 5.38. The number of carbonyl (C=O) groups excluding carboxylic acids is 3. The molecule has 36 heavy (non-hydrogen) atoms. The normalized spacial score (nSPS) is 28.7. The smallest absolute Gasteiger partial charge is 0.410 e. The van der Waals surface area contributed by atoms with Crippen LogP contribution in [0.15, 0.2) is 18.2 Å². The second-order valence-corrected chi connectivity index (χ2v) is 12.6. The van der Waals surface area contributed by atoms with Crippen molar-refractivity contribution in [2.75, 3.05) is 6.54 Å². The molecular weight excluding hydrogens is 529 g/mol. The minimum absolute atomic E-state index is 0. The molecule has 0 bridgehead atoms. The third-order valence-electron chi connectivity index (χ3n) is 7.80. The van der Waals surface area contributed by atoms with Gasteiger partial charge < -0.3 is 10.1 Å². The number of benzene rings is 1. The number of hydrogen-bond acceptors (Lipinski definition) is 7. The van der Waals surface area contributed by atoms with Crippen molar-refractivity contribution >= 4 is 51.8 Å². The molecule has 2 amide bonds. The number of rotatable bonds is 8. The highest BCUT2D eigenvalue weighted by atomic mass is 35.5. The molecule has 9 nitrogen and oxygen atoms in total. The Hall–Kier alpha value is -1.88. The van der Waals surface area contributed by atoms with Crippen LogP contribution in [0.2, 0.25) is 5.02 Å². The summed E-state index contributed by atoms with van der Waals surface area (Å²) in [5, 5.41) is 3.24. The third-order valence-corrected chi connectivity index (χ3v) is 9.97. The monoisotopic (exact) mass is 559 g/mol. The number of amides is 2. The Balaban J connectivity index is 0.00000304. The molecule has 2 saturated carbocycles. The summed E-state index contributed by atoms with van der Waals surface area (Å²) < 4.78 is 32.4. The number of hydrogen-bond donors (Lipinski definition) is 2. The predicted molar refractivity (Wildman–Crippen MR) is 135 cm³/mol. The highest BCUT2D eigenvalue weighted by molar-refractivity contribution is 7.90. The Labute approximate surface area is 222 Å². The van der Waals surface area contributed by atoms with Gasteiger partial charge in [0, 0.05) is 31.0 Å². The summed E-state index contributed by atoms with van der Waals surface area (Å²) in [6.07, 6.45) is 1.72. The average molecular weight is 561 g/mol. The van der Waals surface area contributed by atoms with E-state index in [4.69, 9.17) is 16.3 Å². The molecule has 1 aromatic carbocycles. The summed E-state index contributed by atoms with van der Waals surface area (Å²) >= 11 is 6.23. The fourth-order valence-corrected chi connectivity index (χ4v) is 7.02. The highest BCUT2D eigenvalue weighted by Gasteiger charge is 2.61. The molecular formula is C24H31Cl2N3O6S. The molecule has 12 heteroatoms. The largest absolute Gasteiger partial charge is 0.445 e. The highest BCUT2D eigenvalue weighted by Crippen LogP contribution is 2.57. The fraction of sp³-hybridized carbons (Fsp3) is 0.625. The standard InChI is InChI=1S/C24H30ClN3O6S.ClH/c1-2-15-9-24(15,22(30)27-35(32,33)17-6-7-17)10-21(29)20-8-16(11-26-20)34-23(31)28-12-14-4-3-5-19(25)18(14)13-28;/h3-5,15-17,20,26H,2,6-13H2,1H3,(H,27,30);1H/t15-,16-,20+,24-;/m1./s1. The van der Waals surface area contributed by atoms with Crippen LogP contribution in [-0.2, 0) is 37.4 Å². The number of halogens is 2. The maximum atomic E-state index is 13.1. The van der Waals surface area contributed by atoms with E-state index in [1.165, 1.54) is 0 Å². The Morgan fingerprint density at radius 3 is 2.64 bits per heavy atom. The van der Waals surface area contributed by atoms with Gasteiger partial charge in [-0.15, -0.1) is 12.4 Å². The van der Waals surface area contributed by atoms with E-state index < -0.39 is 44.8 Å². The summed E-state index contributed by atoms with van der Waals surface area (Å²) in [7, 11) is -3.67. The Kier molecular flexibility index (Phi) is 7.63. The van der Waals surface area contributed by atoms with Crippen LogP contribution in [0.4, 0.5) is 4.79 Å². The van der Waals surface area contributed by atoms with E-state index in [-0.39, 0.29) is 30.5 Å². The van der Waals surface area contributed by atoms with Crippen LogP contribution in [0.25, 0.3) is 0 Å². The lowest BCUT2D eigenvalue weighted by molar-refractivity contribution is -0.131. The number of ether oxygens (including phenoxy) is 1. The van der Waals surface area contributed by atoms with Crippen LogP contribution < -0.4 is 10.0 Å². The number of fused-ring (bicyclic) bond motifs is 1. The number of carbonyl (C=O) groups is 3. The van der Waals surface area contributed by atoms with Gasteiger partial charge >= 0.3 is 6.09 Å². The molecule has 0 unspecified atom stereocenters. The van der Waals surface area contributed by atoms with Gasteiger partial charge in [0.05, 0.1) is 23.3 Å². The zero-order chi connectivity index (χ0) is 25.0. The molecule has 2 aliphatic heterocycles. The number of ketones is 1. The lowest BCUT2D eigenvalue weighted by Crippen LogP contribution is -2.42. The van der Waals surface area contributed by atoms with E-state index in [1.54, 1.807) is 11.0 Å². The minimum atomic E-state index is -3.67. The first-order valence-electron chi connectivity index (χ1n) is 12.2. The van der Waals surface area contributed by atoms with Gasteiger partial charge in [-0.1, -0.05) is 37.1 Å².